The highest BCUT2D eigenvalue weighted by molar-refractivity contribution is 4.63. The van der Waals surface area contributed by atoms with Crippen LogP contribution in [0.1, 0.15) is 6.92 Å². The van der Waals surface area contributed by atoms with Gasteiger partial charge in [-0.25, -0.2) is 0 Å². The highest BCUT2D eigenvalue weighted by Crippen LogP contribution is 1.97. The summed E-state index contributed by atoms with van der Waals surface area (Å²) in [5.74, 6) is 0. The smallest absolute Gasteiger partial charge is 0.171 e. The molecule has 0 aliphatic rings. The minimum atomic E-state index is -0.249. The normalized spacial score (nSPS) is 13.9. The number of hydrogen-bond acceptors (Lipinski definition) is 4. The van der Waals surface area contributed by atoms with Gasteiger partial charge in [-0.05, 0) is 6.92 Å². The number of rotatable bonds is 6. The molecule has 0 aromatic carbocycles. The van der Waals surface area contributed by atoms with Crippen molar-refractivity contribution in [1.29, 1.82) is 0 Å². The fourth-order valence-electron chi connectivity index (χ4n) is 0.893. The third-order valence-electron chi connectivity index (χ3n) is 1.45. The summed E-state index contributed by atoms with van der Waals surface area (Å²) in [6.45, 7) is 2.63. The third-order valence-corrected chi connectivity index (χ3v) is 1.45. The summed E-state index contributed by atoms with van der Waals surface area (Å²) in [6, 6.07) is 0.0946. The van der Waals surface area contributed by atoms with Crippen LogP contribution in [-0.2, 0) is 9.47 Å². The first-order chi connectivity index (χ1) is 5.26. The molecule has 0 radical (unpaired) electrons. The van der Waals surface area contributed by atoms with E-state index in [4.69, 9.17) is 14.6 Å². The average molecular weight is 163 g/mol. The Kier molecular flexibility index (Phi) is 6.45. The lowest BCUT2D eigenvalue weighted by Crippen LogP contribution is -2.40. The molecule has 68 valence electrons. The van der Waals surface area contributed by atoms with E-state index in [1.807, 2.05) is 6.92 Å². The van der Waals surface area contributed by atoms with Crippen molar-refractivity contribution in [3.8, 4) is 0 Å². The van der Waals surface area contributed by atoms with Gasteiger partial charge in [0.05, 0.1) is 12.6 Å². The van der Waals surface area contributed by atoms with Gasteiger partial charge in [-0.3, -0.25) is 0 Å². The molecule has 0 amide bonds. The van der Waals surface area contributed by atoms with Crippen molar-refractivity contribution in [3.05, 3.63) is 0 Å². The summed E-state index contributed by atoms with van der Waals surface area (Å²) in [5, 5.41) is 11.5. The van der Waals surface area contributed by atoms with Gasteiger partial charge in [-0.2, -0.15) is 0 Å². The van der Waals surface area contributed by atoms with Gasteiger partial charge < -0.3 is 19.9 Å². The number of methoxy groups -OCH3 is 2. The SMILES string of the molecule is COC(OC)C(C)NCCO. The monoisotopic (exact) mass is 163 g/mol. The molecule has 0 aliphatic carbocycles. The van der Waals surface area contributed by atoms with Crippen molar-refractivity contribution in [2.45, 2.75) is 19.3 Å². The topological polar surface area (TPSA) is 50.7 Å². The average Bonchev–Trinajstić information content (AvgIpc) is 2.03. The second kappa shape index (κ2) is 6.54. The van der Waals surface area contributed by atoms with Crippen molar-refractivity contribution in [1.82, 2.24) is 5.32 Å². The van der Waals surface area contributed by atoms with Crippen LogP contribution in [0.5, 0.6) is 0 Å². The van der Waals surface area contributed by atoms with E-state index in [0.29, 0.717) is 6.54 Å². The molecule has 0 saturated heterocycles. The highest BCUT2D eigenvalue weighted by Gasteiger charge is 2.13. The molecular weight excluding hydrogens is 146 g/mol. The molecule has 0 saturated carbocycles. The van der Waals surface area contributed by atoms with Crippen LogP contribution in [0.2, 0.25) is 0 Å². The second-order valence-electron chi connectivity index (χ2n) is 2.31. The van der Waals surface area contributed by atoms with Crippen LogP contribution in [0.15, 0.2) is 0 Å². The summed E-state index contributed by atoms with van der Waals surface area (Å²) in [5.41, 5.74) is 0. The van der Waals surface area contributed by atoms with E-state index in [2.05, 4.69) is 5.32 Å². The molecule has 4 nitrogen and oxygen atoms in total. The molecule has 0 aromatic heterocycles. The maximum absolute atomic E-state index is 8.50. The summed E-state index contributed by atoms with van der Waals surface area (Å²) in [6.07, 6.45) is -0.249. The molecule has 0 rings (SSSR count). The van der Waals surface area contributed by atoms with Crippen LogP contribution in [0.25, 0.3) is 0 Å². The number of aliphatic hydroxyl groups excluding tert-OH is 1. The molecule has 0 heterocycles. The Bertz CT molecular complexity index is 85.8. The Hall–Kier alpha value is -0.160. The van der Waals surface area contributed by atoms with Crippen molar-refractivity contribution >= 4 is 0 Å². The van der Waals surface area contributed by atoms with Crippen LogP contribution in [0.3, 0.4) is 0 Å². The van der Waals surface area contributed by atoms with Gasteiger partial charge in [0.15, 0.2) is 6.29 Å². The zero-order valence-electron chi connectivity index (χ0n) is 7.33. The number of hydrogen-bond donors (Lipinski definition) is 2. The molecule has 0 spiro atoms. The van der Waals surface area contributed by atoms with Crippen molar-refractivity contribution in [2.75, 3.05) is 27.4 Å². The molecule has 4 heteroatoms. The predicted molar refractivity (Wildman–Crippen MR) is 42.4 cm³/mol. The van der Waals surface area contributed by atoms with Crippen LogP contribution in [-0.4, -0.2) is 44.8 Å². The van der Waals surface area contributed by atoms with E-state index < -0.39 is 0 Å². The number of ether oxygens (including phenoxy) is 2. The zero-order chi connectivity index (χ0) is 8.69. The predicted octanol–water partition coefficient (Wildman–Crippen LogP) is -0.424. The summed E-state index contributed by atoms with van der Waals surface area (Å²) in [7, 11) is 3.18. The fourth-order valence-corrected chi connectivity index (χ4v) is 0.893. The Morgan fingerprint density at radius 1 is 1.36 bits per heavy atom. The Morgan fingerprint density at radius 2 is 1.91 bits per heavy atom. The molecule has 11 heavy (non-hydrogen) atoms. The molecule has 0 aliphatic heterocycles. The molecular formula is C7H17NO3. The van der Waals surface area contributed by atoms with Gasteiger partial charge in [-0.15, -0.1) is 0 Å². The van der Waals surface area contributed by atoms with E-state index >= 15 is 0 Å². The molecule has 1 unspecified atom stereocenters. The van der Waals surface area contributed by atoms with Crippen molar-refractivity contribution in [3.63, 3.8) is 0 Å². The first-order valence-corrected chi connectivity index (χ1v) is 3.66. The largest absolute Gasteiger partial charge is 0.395 e. The van der Waals surface area contributed by atoms with E-state index in [0.717, 1.165) is 0 Å². The Balaban J connectivity index is 3.51. The number of nitrogens with one attached hydrogen (secondary N) is 1. The first kappa shape index (κ1) is 10.8. The minimum absolute atomic E-state index is 0.0946. The van der Waals surface area contributed by atoms with E-state index in [1.165, 1.54) is 0 Å². The molecule has 0 fully saturated rings. The van der Waals surface area contributed by atoms with Gasteiger partial charge in [0.25, 0.3) is 0 Å². The van der Waals surface area contributed by atoms with E-state index in [-0.39, 0.29) is 18.9 Å². The van der Waals surface area contributed by atoms with Crippen LogP contribution >= 0.6 is 0 Å². The van der Waals surface area contributed by atoms with Crippen LogP contribution < -0.4 is 5.32 Å². The summed E-state index contributed by atoms with van der Waals surface area (Å²) < 4.78 is 9.98. The molecule has 0 aromatic rings. The van der Waals surface area contributed by atoms with Crippen molar-refractivity contribution < 1.29 is 14.6 Å². The zero-order valence-corrected chi connectivity index (χ0v) is 7.33. The standard InChI is InChI=1S/C7H17NO3/c1-6(8-4-5-9)7(10-2)11-3/h6-9H,4-5H2,1-3H3. The Morgan fingerprint density at radius 3 is 2.27 bits per heavy atom. The molecule has 0 bridgehead atoms. The third kappa shape index (κ3) is 4.31. The maximum Gasteiger partial charge on any atom is 0.171 e. The quantitative estimate of drug-likeness (QED) is 0.522. The molecule has 1 atom stereocenters. The van der Waals surface area contributed by atoms with Gasteiger partial charge in [-0.1, -0.05) is 0 Å². The summed E-state index contributed by atoms with van der Waals surface area (Å²) in [4.78, 5) is 0. The van der Waals surface area contributed by atoms with Gasteiger partial charge in [0.1, 0.15) is 0 Å². The minimum Gasteiger partial charge on any atom is -0.395 e. The van der Waals surface area contributed by atoms with Crippen molar-refractivity contribution in [2.24, 2.45) is 0 Å². The van der Waals surface area contributed by atoms with E-state index in [1.54, 1.807) is 14.2 Å². The van der Waals surface area contributed by atoms with Gasteiger partial charge >= 0.3 is 0 Å². The lowest BCUT2D eigenvalue weighted by molar-refractivity contribution is -0.119. The molecule has 2 N–H and O–H groups in total. The summed E-state index contributed by atoms with van der Waals surface area (Å²) >= 11 is 0. The van der Waals surface area contributed by atoms with Crippen LogP contribution in [0.4, 0.5) is 0 Å². The highest BCUT2D eigenvalue weighted by atomic mass is 16.7. The lowest BCUT2D eigenvalue weighted by Gasteiger charge is -2.21. The lowest BCUT2D eigenvalue weighted by atomic mass is 10.3. The van der Waals surface area contributed by atoms with Gasteiger partial charge in [0, 0.05) is 20.8 Å². The maximum atomic E-state index is 8.50. The first-order valence-electron chi connectivity index (χ1n) is 3.66. The van der Waals surface area contributed by atoms with E-state index in [9.17, 15) is 0 Å². The van der Waals surface area contributed by atoms with Gasteiger partial charge in [0.2, 0.25) is 0 Å². The Labute approximate surface area is 67.5 Å². The van der Waals surface area contributed by atoms with Crippen LogP contribution in [0, 0.1) is 0 Å². The fraction of sp³-hybridized carbons (Fsp3) is 1.00. The second-order valence-corrected chi connectivity index (χ2v) is 2.31. The number of aliphatic hydroxyl groups is 1.